The Kier molecular flexibility index (Phi) is 11.8. The Balaban J connectivity index is 0.000000373. The largest absolute Gasteiger partial charge is 0.295 e. The quantitative estimate of drug-likeness (QED) is 0.522. The van der Waals surface area contributed by atoms with Crippen LogP contribution < -0.4 is 0 Å². The molecular weight excluding hydrogens is 360 g/mol. The first kappa shape index (κ1) is 22.3. The maximum atomic E-state index is 9.69. The molecule has 0 amide bonds. The maximum absolute atomic E-state index is 9.69. The summed E-state index contributed by atoms with van der Waals surface area (Å²) < 4.78 is 1.18. The van der Waals surface area contributed by atoms with E-state index in [-0.39, 0.29) is 5.78 Å². The first-order valence-electron chi connectivity index (χ1n) is 8.24. The molecule has 0 fully saturated rings. The van der Waals surface area contributed by atoms with Gasteiger partial charge in [0.15, 0.2) is 5.78 Å². The molecule has 0 N–H and O–H groups in total. The summed E-state index contributed by atoms with van der Waals surface area (Å²) in [5, 5.41) is 0. The second-order valence-electron chi connectivity index (χ2n) is 5.82. The number of rotatable bonds is 3. The predicted molar refractivity (Wildman–Crippen MR) is 110 cm³/mol. The fraction of sp³-hybridized carbons (Fsp3) is 0.318. The Morgan fingerprint density at radius 3 is 2.04 bits per heavy atom. The van der Waals surface area contributed by atoms with E-state index in [1.165, 1.54) is 34.2 Å². The zero-order valence-electron chi connectivity index (χ0n) is 15.5. The Labute approximate surface area is 155 Å². The number of benzene rings is 2. The lowest BCUT2D eigenvalue weighted by atomic mass is 9.96. The molecule has 2 aromatic rings. The molecule has 0 spiro atoms. The van der Waals surface area contributed by atoms with Gasteiger partial charge in [0, 0.05) is 4.47 Å². The lowest BCUT2D eigenvalue weighted by Crippen LogP contribution is -1.94. The highest BCUT2D eigenvalue weighted by Gasteiger charge is 2.04. The summed E-state index contributed by atoms with van der Waals surface area (Å²) in [5.41, 5.74) is 4.25. The molecule has 0 saturated heterocycles. The summed E-state index contributed by atoms with van der Waals surface area (Å²) in [6.45, 7) is 13.4. The zero-order valence-corrected chi connectivity index (χ0v) is 17.1. The molecular formula is C22H29BrO. The van der Waals surface area contributed by atoms with Crippen molar-refractivity contribution < 1.29 is 4.79 Å². The predicted octanol–water partition coefficient (Wildman–Crippen LogP) is 6.89. The van der Waals surface area contributed by atoms with Gasteiger partial charge in [-0.25, -0.2) is 0 Å². The van der Waals surface area contributed by atoms with Crippen molar-refractivity contribution in [1.82, 2.24) is 0 Å². The van der Waals surface area contributed by atoms with Crippen molar-refractivity contribution in [2.75, 3.05) is 0 Å². The molecule has 0 aliphatic heterocycles. The van der Waals surface area contributed by atoms with Crippen molar-refractivity contribution in [3.8, 4) is 0 Å². The highest BCUT2D eigenvalue weighted by molar-refractivity contribution is 9.10. The fourth-order valence-corrected chi connectivity index (χ4v) is 2.39. The number of ketones is 1. The first-order chi connectivity index (χ1) is 11.3. The number of aryl methyl sites for hydroxylation is 2. The third-order valence-electron chi connectivity index (χ3n) is 3.34. The molecule has 2 aromatic carbocycles. The molecule has 0 bridgehead atoms. The van der Waals surface area contributed by atoms with Gasteiger partial charge in [0.2, 0.25) is 0 Å². The second-order valence-corrected chi connectivity index (χ2v) is 6.74. The SMILES string of the molecule is C=CC(C)=O.CCc1cc(Br)ccc1C(C)C.Cc1ccccc1. The number of allylic oxidation sites excluding steroid dienone is 1. The minimum absolute atomic E-state index is 0.0185. The van der Waals surface area contributed by atoms with Crippen molar-refractivity contribution in [2.24, 2.45) is 0 Å². The Morgan fingerprint density at radius 2 is 1.71 bits per heavy atom. The number of hydrogen-bond donors (Lipinski definition) is 0. The molecule has 130 valence electrons. The van der Waals surface area contributed by atoms with Crippen LogP contribution in [0.5, 0.6) is 0 Å². The smallest absolute Gasteiger partial charge is 0.152 e. The molecule has 2 heteroatoms. The Hall–Kier alpha value is -1.67. The maximum Gasteiger partial charge on any atom is 0.152 e. The van der Waals surface area contributed by atoms with E-state index >= 15 is 0 Å². The molecule has 0 saturated carbocycles. The van der Waals surface area contributed by atoms with E-state index in [2.05, 4.69) is 80.5 Å². The van der Waals surface area contributed by atoms with Crippen molar-refractivity contribution in [2.45, 2.75) is 47.0 Å². The summed E-state index contributed by atoms with van der Waals surface area (Å²) in [5.74, 6) is 0.651. The van der Waals surface area contributed by atoms with Crippen molar-refractivity contribution in [3.63, 3.8) is 0 Å². The van der Waals surface area contributed by atoms with Crippen molar-refractivity contribution in [1.29, 1.82) is 0 Å². The Morgan fingerprint density at radius 1 is 1.17 bits per heavy atom. The first-order valence-corrected chi connectivity index (χ1v) is 9.04. The average Bonchev–Trinajstić information content (AvgIpc) is 2.56. The van der Waals surface area contributed by atoms with Gasteiger partial charge in [0.25, 0.3) is 0 Å². The monoisotopic (exact) mass is 388 g/mol. The van der Waals surface area contributed by atoms with Crippen LogP contribution in [-0.2, 0) is 11.2 Å². The lowest BCUT2D eigenvalue weighted by Gasteiger charge is -2.11. The molecule has 0 aliphatic carbocycles. The van der Waals surface area contributed by atoms with Crippen LogP contribution in [0.3, 0.4) is 0 Å². The average molecular weight is 389 g/mol. The van der Waals surface area contributed by atoms with E-state index < -0.39 is 0 Å². The molecule has 0 atom stereocenters. The van der Waals surface area contributed by atoms with Crippen LogP contribution in [-0.4, -0.2) is 5.78 Å². The van der Waals surface area contributed by atoms with E-state index in [9.17, 15) is 4.79 Å². The fourth-order valence-electron chi connectivity index (χ4n) is 1.98. The third-order valence-corrected chi connectivity index (χ3v) is 3.83. The van der Waals surface area contributed by atoms with Gasteiger partial charge in [0.1, 0.15) is 0 Å². The van der Waals surface area contributed by atoms with Gasteiger partial charge in [-0.3, -0.25) is 4.79 Å². The normalized spacial score (nSPS) is 9.29. The van der Waals surface area contributed by atoms with Crippen LogP contribution in [0.4, 0.5) is 0 Å². The molecule has 0 aromatic heterocycles. The van der Waals surface area contributed by atoms with Crippen LogP contribution in [0.25, 0.3) is 0 Å². The molecule has 0 heterocycles. The van der Waals surface area contributed by atoms with Crippen LogP contribution in [0.2, 0.25) is 0 Å². The summed E-state index contributed by atoms with van der Waals surface area (Å²) in [4.78, 5) is 9.69. The van der Waals surface area contributed by atoms with Crippen LogP contribution >= 0.6 is 15.9 Å². The highest BCUT2D eigenvalue weighted by atomic mass is 79.9. The van der Waals surface area contributed by atoms with Gasteiger partial charge in [-0.1, -0.05) is 85.2 Å². The van der Waals surface area contributed by atoms with E-state index in [1.54, 1.807) is 0 Å². The topological polar surface area (TPSA) is 17.1 Å². The molecule has 0 aliphatic rings. The standard InChI is InChI=1S/C11H15Br.C7H8.C4H6O/c1-4-9-7-10(12)5-6-11(9)8(2)3;1-7-5-3-2-4-6-7;1-3-4(2)5/h5-8H,4H2,1-3H3;2-6H,1H3;3H,1H2,2H3. The van der Waals surface area contributed by atoms with Gasteiger partial charge in [0.05, 0.1) is 0 Å². The second kappa shape index (κ2) is 12.7. The molecule has 0 radical (unpaired) electrons. The zero-order chi connectivity index (χ0) is 18.5. The number of carbonyl (C=O) groups is 1. The molecule has 1 nitrogen and oxygen atoms in total. The van der Waals surface area contributed by atoms with Crippen LogP contribution in [0.1, 0.15) is 50.3 Å². The van der Waals surface area contributed by atoms with Gasteiger partial charge in [-0.05, 0) is 55.5 Å². The molecule has 0 unspecified atom stereocenters. The molecule has 2 rings (SSSR count). The van der Waals surface area contributed by atoms with Gasteiger partial charge in [-0.15, -0.1) is 0 Å². The van der Waals surface area contributed by atoms with E-state index in [0.717, 1.165) is 6.42 Å². The van der Waals surface area contributed by atoms with Gasteiger partial charge >= 0.3 is 0 Å². The lowest BCUT2D eigenvalue weighted by molar-refractivity contribution is -0.112. The highest BCUT2D eigenvalue weighted by Crippen LogP contribution is 2.23. The molecule has 24 heavy (non-hydrogen) atoms. The number of hydrogen-bond acceptors (Lipinski definition) is 1. The summed E-state index contributed by atoms with van der Waals surface area (Å²) in [7, 11) is 0. The van der Waals surface area contributed by atoms with Crippen LogP contribution in [0.15, 0.2) is 65.7 Å². The van der Waals surface area contributed by atoms with Crippen LogP contribution in [0, 0.1) is 6.92 Å². The summed E-state index contributed by atoms with van der Waals surface area (Å²) >= 11 is 3.49. The van der Waals surface area contributed by atoms with Crippen molar-refractivity contribution >= 4 is 21.7 Å². The van der Waals surface area contributed by atoms with E-state index in [4.69, 9.17) is 0 Å². The summed E-state index contributed by atoms with van der Waals surface area (Å²) in [6.07, 6.45) is 2.40. The Bertz CT molecular complexity index is 615. The van der Waals surface area contributed by atoms with Gasteiger partial charge < -0.3 is 0 Å². The summed E-state index contributed by atoms with van der Waals surface area (Å²) in [6, 6.07) is 16.8. The third kappa shape index (κ3) is 10.2. The van der Waals surface area contributed by atoms with Crippen molar-refractivity contribution in [3.05, 3.63) is 82.3 Å². The minimum Gasteiger partial charge on any atom is -0.295 e. The number of halogens is 1. The van der Waals surface area contributed by atoms with Gasteiger partial charge in [-0.2, -0.15) is 0 Å². The number of carbonyl (C=O) groups excluding carboxylic acids is 1. The van der Waals surface area contributed by atoms with E-state index in [1.807, 2.05) is 18.2 Å². The minimum atomic E-state index is 0.0185. The van der Waals surface area contributed by atoms with E-state index in [0.29, 0.717) is 5.92 Å².